The van der Waals surface area contributed by atoms with Gasteiger partial charge in [0.05, 0.1) is 7.11 Å². The molecule has 0 aromatic heterocycles. The summed E-state index contributed by atoms with van der Waals surface area (Å²) >= 11 is 0. The molecule has 2 rings (SSSR count). The molecule has 0 N–H and O–H groups in total. The minimum Gasteiger partial charge on any atom is -0.466 e. The topological polar surface area (TPSA) is 26.3 Å². The average Bonchev–Trinajstić information content (AvgIpc) is 2.91. The molecule has 96 valence electrons. The second-order valence-corrected chi connectivity index (χ2v) is 4.93. The average molecular weight is 244 g/mol. The number of benzene rings is 1. The van der Waals surface area contributed by atoms with Crippen molar-refractivity contribution in [3.05, 3.63) is 41.5 Å². The highest BCUT2D eigenvalue weighted by molar-refractivity contribution is 5.93. The van der Waals surface area contributed by atoms with Gasteiger partial charge in [0.2, 0.25) is 0 Å². The van der Waals surface area contributed by atoms with Crippen molar-refractivity contribution in [3.8, 4) is 0 Å². The molecule has 0 radical (unpaired) electrons. The van der Waals surface area contributed by atoms with E-state index >= 15 is 0 Å². The molecule has 0 aliphatic heterocycles. The molecule has 1 aromatic rings. The van der Waals surface area contributed by atoms with Gasteiger partial charge in [0.15, 0.2) is 0 Å². The number of hydrogen-bond acceptors (Lipinski definition) is 2. The summed E-state index contributed by atoms with van der Waals surface area (Å²) in [5.74, 6) is 0.463. The largest absolute Gasteiger partial charge is 0.466 e. The molecular formula is C16H20O2. The summed E-state index contributed by atoms with van der Waals surface area (Å²) in [7, 11) is 1.45. The van der Waals surface area contributed by atoms with E-state index in [0.717, 1.165) is 17.6 Å². The molecule has 0 spiro atoms. The Morgan fingerprint density at radius 2 is 1.94 bits per heavy atom. The van der Waals surface area contributed by atoms with Crippen molar-refractivity contribution in [3.63, 3.8) is 0 Å². The second-order valence-electron chi connectivity index (χ2n) is 4.93. The van der Waals surface area contributed by atoms with Gasteiger partial charge < -0.3 is 4.74 Å². The Labute approximate surface area is 109 Å². The third-order valence-corrected chi connectivity index (χ3v) is 3.57. The molecule has 1 fully saturated rings. The van der Waals surface area contributed by atoms with Crippen LogP contribution in [0, 0.1) is 5.92 Å². The van der Waals surface area contributed by atoms with Gasteiger partial charge in [-0.1, -0.05) is 56.0 Å². The van der Waals surface area contributed by atoms with Crippen LogP contribution in [0.15, 0.2) is 35.9 Å². The summed E-state index contributed by atoms with van der Waals surface area (Å²) in [5.41, 5.74) is 1.87. The van der Waals surface area contributed by atoms with Gasteiger partial charge in [-0.2, -0.15) is 0 Å². The van der Waals surface area contributed by atoms with Crippen molar-refractivity contribution >= 4 is 12.0 Å². The van der Waals surface area contributed by atoms with Gasteiger partial charge >= 0.3 is 5.97 Å². The normalized spacial score (nSPS) is 16.8. The maximum absolute atomic E-state index is 11.8. The van der Waals surface area contributed by atoms with E-state index in [4.69, 9.17) is 4.74 Å². The maximum Gasteiger partial charge on any atom is 0.333 e. The molecule has 0 amide bonds. The zero-order valence-corrected chi connectivity index (χ0v) is 10.9. The quantitative estimate of drug-likeness (QED) is 0.594. The van der Waals surface area contributed by atoms with E-state index in [-0.39, 0.29) is 5.97 Å². The molecule has 1 aromatic carbocycles. The fourth-order valence-electron chi connectivity index (χ4n) is 2.61. The van der Waals surface area contributed by atoms with Gasteiger partial charge in [-0.25, -0.2) is 4.79 Å². The Morgan fingerprint density at radius 3 is 2.56 bits per heavy atom. The highest BCUT2D eigenvalue weighted by Gasteiger charge is 2.20. The minimum atomic E-state index is -0.189. The van der Waals surface area contributed by atoms with Crippen LogP contribution in [0.25, 0.3) is 6.08 Å². The molecule has 2 nitrogen and oxygen atoms in total. The third kappa shape index (κ3) is 3.46. The van der Waals surface area contributed by atoms with Gasteiger partial charge in [-0.05, 0) is 24.0 Å². The summed E-state index contributed by atoms with van der Waals surface area (Å²) in [6, 6.07) is 9.97. The molecule has 1 saturated carbocycles. The lowest BCUT2D eigenvalue weighted by Gasteiger charge is -2.11. The predicted octanol–water partition coefficient (Wildman–Crippen LogP) is 3.82. The van der Waals surface area contributed by atoms with E-state index in [2.05, 4.69) is 0 Å². The number of methoxy groups -OCH3 is 1. The predicted molar refractivity (Wildman–Crippen MR) is 73.0 cm³/mol. The van der Waals surface area contributed by atoms with Gasteiger partial charge in [0.25, 0.3) is 0 Å². The summed E-state index contributed by atoms with van der Waals surface area (Å²) in [5, 5.41) is 0. The smallest absolute Gasteiger partial charge is 0.333 e. The summed E-state index contributed by atoms with van der Waals surface area (Å²) in [6.45, 7) is 0. The lowest BCUT2D eigenvalue weighted by atomic mass is 9.96. The van der Waals surface area contributed by atoms with Crippen LogP contribution in [0.2, 0.25) is 0 Å². The first-order valence-electron chi connectivity index (χ1n) is 6.63. The number of carbonyl (C=O) groups excluding carboxylic acids is 1. The van der Waals surface area contributed by atoms with Crippen LogP contribution < -0.4 is 0 Å². The highest BCUT2D eigenvalue weighted by Crippen LogP contribution is 2.31. The van der Waals surface area contributed by atoms with Gasteiger partial charge in [0, 0.05) is 5.57 Å². The van der Waals surface area contributed by atoms with Crippen LogP contribution in [0.1, 0.15) is 37.7 Å². The molecule has 0 atom stereocenters. The number of esters is 1. The Kier molecular flexibility index (Phi) is 4.57. The summed E-state index contributed by atoms with van der Waals surface area (Å²) < 4.78 is 4.89. The Balaban J connectivity index is 2.14. The van der Waals surface area contributed by atoms with Crippen LogP contribution in [-0.2, 0) is 9.53 Å². The Hall–Kier alpha value is -1.57. The van der Waals surface area contributed by atoms with Gasteiger partial charge in [-0.15, -0.1) is 0 Å². The van der Waals surface area contributed by atoms with Crippen molar-refractivity contribution in [1.82, 2.24) is 0 Å². The standard InChI is InChI=1S/C16H20O2/c1-18-16(17)15(12-14-9-5-6-10-14)11-13-7-3-2-4-8-13/h2-4,7-8,11,14H,5-6,9-10,12H2,1H3. The van der Waals surface area contributed by atoms with Crippen LogP contribution >= 0.6 is 0 Å². The van der Waals surface area contributed by atoms with Crippen LogP contribution in [0.3, 0.4) is 0 Å². The molecule has 0 bridgehead atoms. The minimum absolute atomic E-state index is 0.189. The number of ether oxygens (including phenoxy) is 1. The molecule has 2 heteroatoms. The molecule has 0 heterocycles. The van der Waals surface area contributed by atoms with Crippen molar-refractivity contribution < 1.29 is 9.53 Å². The maximum atomic E-state index is 11.8. The van der Waals surface area contributed by atoms with E-state index in [0.29, 0.717) is 5.92 Å². The Morgan fingerprint density at radius 1 is 1.28 bits per heavy atom. The lowest BCUT2D eigenvalue weighted by molar-refractivity contribution is -0.136. The van der Waals surface area contributed by atoms with E-state index < -0.39 is 0 Å². The van der Waals surface area contributed by atoms with E-state index in [1.807, 2.05) is 36.4 Å². The molecule has 0 saturated heterocycles. The zero-order chi connectivity index (χ0) is 12.8. The molecule has 18 heavy (non-hydrogen) atoms. The van der Waals surface area contributed by atoms with Crippen molar-refractivity contribution in [2.24, 2.45) is 5.92 Å². The zero-order valence-electron chi connectivity index (χ0n) is 10.9. The van der Waals surface area contributed by atoms with Crippen molar-refractivity contribution in [1.29, 1.82) is 0 Å². The van der Waals surface area contributed by atoms with Crippen LogP contribution in [0.4, 0.5) is 0 Å². The summed E-state index contributed by atoms with van der Waals surface area (Å²) in [4.78, 5) is 11.8. The van der Waals surface area contributed by atoms with Crippen molar-refractivity contribution in [2.75, 3.05) is 7.11 Å². The molecule has 1 aliphatic rings. The Bertz CT molecular complexity index is 414. The first kappa shape index (κ1) is 12.9. The molecular weight excluding hydrogens is 224 g/mol. The first-order valence-corrected chi connectivity index (χ1v) is 6.63. The first-order chi connectivity index (χ1) is 8.79. The summed E-state index contributed by atoms with van der Waals surface area (Å²) in [6.07, 6.45) is 7.88. The second kappa shape index (κ2) is 6.39. The SMILES string of the molecule is COC(=O)C(=Cc1ccccc1)CC1CCCC1. The number of rotatable bonds is 4. The third-order valence-electron chi connectivity index (χ3n) is 3.57. The molecule has 0 unspecified atom stereocenters. The van der Waals surface area contributed by atoms with Gasteiger partial charge in [-0.3, -0.25) is 0 Å². The lowest BCUT2D eigenvalue weighted by Crippen LogP contribution is -2.08. The fourth-order valence-corrected chi connectivity index (χ4v) is 2.61. The van der Waals surface area contributed by atoms with Crippen LogP contribution in [-0.4, -0.2) is 13.1 Å². The van der Waals surface area contributed by atoms with Crippen LogP contribution in [0.5, 0.6) is 0 Å². The fraction of sp³-hybridized carbons (Fsp3) is 0.438. The van der Waals surface area contributed by atoms with Crippen molar-refractivity contribution in [2.45, 2.75) is 32.1 Å². The van der Waals surface area contributed by atoms with Gasteiger partial charge in [0.1, 0.15) is 0 Å². The van der Waals surface area contributed by atoms with E-state index in [1.165, 1.54) is 32.8 Å². The van der Waals surface area contributed by atoms with E-state index in [1.54, 1.807) is 0 Å². The number of carbonyl (C=O) groups is 1. The van der Waals surface area contributed by atoms with E-state index in [9.17, 15) is 4.79 Å². The number of hydrogen-bond donors (Lipinski definition) is 0. The monoisotopic (exact) mass is 244 g/mol. The molecule has 1 aliphatic carbocycles. The highest BCUT2D eigenvalue weighted by atomic mass is 16.5.